The number of hydrogen-bond acceptors (Lipinski definition) is 1. The Kier molecular flexibility index (Phi) is 2.19. The molecule has 2 aromatic carbocycles. The van der Waals surface area contributed by atoms with Crippen molar-refractivity contribution in [2.24, 2.45) is 5.41 Å². The van der Waals surface area contributed by atoms with Crippen molar-refractivity contribution in [3.63, 3.8) is 0 Å². The zero-order valence-corrected chi connectivity index (χ0v) is 12.1. The molecule has 1 aliphatic carbocycles. The monoisotopic (exact) mass is 264 g/mol. The smallest absolute Gasteiger partial charge is 0.0361 e. The third kappa shape index (κ3) is 1.73. The highest BCUT2D eigenvalue weighted by atomic mass is 32.1. The van der Waals surface area contributed by atoms with Crippen molar-refractivity contribution < 1.29 is 0 Å². The molecule has 4 rings (SSSR count). The maximum absolute atomic E-state index is 2.44. The molecule has 19 heavy (non-hydrogen) atoms. The molecule has 0 saturated carbocycles. The minimum atomic E-state index is 0.299. The molecule has 0 N–H and O–H groups in total. The lowest BCUT2D eigenvalue weighted by atomic mass is 9.86. The van der Waals surface area contributed by atoms with Crippen molar-refractivity contribution in [2.75, 3.05) is 0 Å². The van der Waals surface area contributed by atoms with E-state index in [0.717, 1.165) is 6.42 Å². The van der Waals surface area contributed by atoms with Gasteiger partial charge < -0.3 is 0 Å². The second-order valence-corrected chi connectivity index (χ2v) is 7.20. The second-order valence-electron chi connectivity index (χ2n) is 6.12. The van der Waals surface area contributed by atoms with E-state index in [1.165, 1.54) is 30.6 Å². The zero-order chi connectivity index (χ0) is 13.0. The average Bonchev–Trinajstić information content (AvgIpc) is 2.70. The van der Waals surface area contributed by atoms with Crippen molar-refractivity contribution in [3.8, 4) is 0 Å². The van der Waals surface area contributed by atoms with Crippen LogP contribution in [0, 0.1) is 5.41 Å². The van der Waals surface area contributed by atoms with Crippen molar-refractivity contribution in [3.05, 3.63) is 46.1 Å². The molecule has 0 nitrogen and oxygen atoms in total. The number of thiophene rings is 1. The maximum atomic E-state index is 2.44. The molecule has 0 saturated heterocycles. The van der Waals surface area contributed by atoms with Crippen molar-refractivity contribution in [2.45, 2.75) is 20.3 Å². The summed E-state index contributed by atoms with van der Waals surface area (Å²) in [4.78, 5) is 0. The van der Waals surface area contributed by atoms with E-state index in [1.54, 1.807) is 0 Å². The van der Waals surface area contributed by atoms with Crippen molar-refractivity contribution >= 4 is 44.3 Å². The van der Waals surface area contributed by atoms with Gasteiger partial charge in [-0.15, -0.1) is 11.3 Å². The van der Waals surface area contributed by atoms with Gasteiger partial charge in [-0.3, -0.25) is 0 Å². The molecular weight excluding hydrogens is 248 g/mol. The Morgan fingerprint density at radius 1 is 1.05 bits per heavy atom. The third-order valence-electron chi connectivity index (χ3n) is 3.98. The van der Waals surface area contributed by atoms with Crippen LogP contribution in [-0.4, -0.2) is 0 Å². The Bertz CT molecular complexity index is 910. The average molecular weight is 264 g/mol. The summed E-state index contributed by atoms with van der Waals surface area (Å²) >= 11 is 1.93. The molecule has 1 aliphatic rings. The summed E-state index contributed by atoms with van der Waals surface area (Å²) in [5, 5.41) is 5.55. The Morgan fingerprint density at radius 2 is 1.79 bits per heavy atom. The number of fused-ring (bicyclic) bond motifs is 4. The highest BCUT2D eigenvalue weighted by molar-refractivity contribution is 7.17. The number of benzene rings is 2. The number of hydrogen-bond donors (Lipinski definition) is 0. The molecule has 0 spiro atoms. The first-order chi connectivity index (χ1) is 9.12. The highest BCUT2D eigenvalue weighted by Gasteiger charge is 2.17. The van der Waals surface area contributed by atoms with Gasteiger partial charge in [0, 0.05) is 14.6 Å². The van der Waals surface area contributed by atoms with Crippen LogP contribution < -0.4 is 9.75 Å². The van der Waals surface area contributed by atoms with Gasteiger partial charge in [-0.05, 0) is 40.0 Å². The number of rotatable bonds is 0. The SMILES string of the molecule is CC1(C)C=c2sc3cc4ccccc4cc3c2=CC1. The molecule has 0 radical (unpaired) electrons. The molecule has 0 atom stereocenters. The molecule has 94 valence electrons. The minimum Gasteiger partial charge on any atom is -0.135 e. The van der Waals surface area contributed by atoms with Crippen molar-refractivity contribution in [1.29, 1.82) is 0 Å². The van der Waals surface area contributed by atoms with Crippen LogP contribution in [0.2, 0.25) is 0 Å². The van der Waals surface area contributed by atoms with Crippen LogP contribution in [0.15, 0.2) is 36.4 Å². The van der Waals surface area contributed by atoms with Crippen LogP contribution in [0.25, 0.3) is 33.0 Å². The van der Waals surface area contributed by atoms with E-state index in [4.69, 9.17) is 0 Å². The van der Waals surface area contributed by atoms with Crippen LogP contribution in [0.5, 0.6) is 0 Å². The molecule has 0 amide bonds. The van der Waals surface area contributed by atoms with E-state index < -0.39 is 0 Å². The predicted octanol–water partition coefficient (Wildman–Crippen LogP) is 4.05. The maximum Gasteiger partial charge on any atom is 0.0361 e. The summed E-state index contributed by atoms with van der Waals surface area (Å²) in [7, 11) is 0. The van der Waals surface area contributed by atoms with E-state index in [1.807, 2.05) is 11.3 Å². The molecule has 1 aromatic heterocycles. The van der Waals surface area contributed by atoms with Crippen molar-refractivity contribution in [1.82, 2.24) is 0 Å². The molecule has 1 heterocycles. The Morgan fingerprint density at radius 3 is 2.58 bits per heavy atom. The molecular formula is C18H16S. The van der Waals surface area contributed by atoms with Crippen LogP contribution >= 0.6 is 11.3 Å². The minimum absolute atomic E-state index is 0.299. The summed E-state index contributed by atoms with van der Waals surface area (Å²) in [5.41, 5.74) is 0.299. The summed E-state index contributed by atoms with van der Waals surface area (Å²) in [6, 6.07) is 13.3. The van der Waals surface area contributed by atoms with Crippen LogP contribution in [0.1, 0.15) is 20.3 Å². The zero-order valence-electron chi connectivity index (χ0n) is 11.2. The highest BCUT2D eigenvalue weighted by Crippen LogP contribution is 2.28. The lowest BCUT2D eigenvalue weighted by Gasteiger charge is -2.19. The van der Waals surface area contributed by atoms with Gasteiger partial charge in [-0.1, -0.05) is 50.3 Å². The summed E-state index contributed by atoms with van der Waals surface area (Å²) in [6.07, 6.45) is 6.00. The molecule has 0 fully saturated rings. The van der Waals surface area contributed by atoms with Gasteiger partial charge in [-0.2, -0.15) is 0 Å². The summed E-state index contributed by atoms with van der Waals surface area (Å²) in [6.45, 7) is 4.63. The van der Waals surface area contributed by atoms with E-state index in [-0.39, 0.29) is 0 Å². The predicted molar refractivity (Wildman–Crippen MR) is 85.9 cm³/mol. The lowest BCUT2D eigenvalue weighted by molar-refractivity contribution is 0.536. The van der Waals surface area contributed by atoms with Crippen LogP contribution in [0.3, 0.4) is 0 Å². The van der Waals surface area contributed by atoms with Crippen LogP contribution in [-0.2, 0) is 0 Å². The lowest BCUT2D eigenvalue weighted by Crippen LogP contribution is -2.27. The summed E-state index contributed by atoms with van der Waals surface area (Å²) in [5.74, 6) is 0. The van der Waals surface area contributed by atoms with E-state index >= 15 is 0 Å². The van der Waals surface area contributed by atoms with Gasteiger partial charge in [0.1, 0.15) is 0 Å². The fraction of sp³-hybridized carbons (Fsp3) is 0.222. The fourth-order valence-electron chi connectivity index (χ4n) is 2.92. The van der Waals surface area contributed by atoms with Gasteiger partial charge in [0.05, 0.1) is 0 Å². The standard InChI is InChI=1S/C18H16S/c1-18(2)8-7-14-15-9-12-5-3-4-6-13(12)10-16(15)19-17(14)11-18/h3-7,9-11H,8H2,1-2H3. The van der Waals surface area contributed by atoms with Gasteiger partial charge in [0.25, 0.3) is 0 Å². The molecule has 0 bridgehead atoms. The second kappa shape index (κ2) is 3.71. The third-order valence-corrected chi connectivity index (χ3v) is 5.09. The fourth-order valence-corrected chi connectivity index (χ4v) is 4.30. The first-order valence-corrected chi connectivity index (χ1v) is 7.58. The topological polar surface area (TPSA) is 0 Å². The largest absolute Gasteiger partial charge is 0.135 e. The van der Waals surface area contributed by atoms with Crippen LogP contribution in [0.4, 0.5) is 0 Å². The Balaban J connectivity index is 2.18. The summed E-state index contributed by atoms with van der Waals surface area (Å²) < 4.78 is 2.86. The first-order valence-electron chi connectivity index (χ1n) is 6.77. The Labute approximate surface area is 116 Å². The Hall–Kier alpha value is -1.60. The normalized spacial score (nSPS) is 16.9. The first kappa shape index (κ1) is 11.2. The van der Waals surface area contributed by atoms with Gasteiger partial charge >= 0.3 is 0 Å². The van der Waals surface area contributed by atoms with E-state index in [2.05, 4.69) is 62.4 Å². The molecule has 1 heteroatoms. The molecule has 0 aliphatic heterocycles. The van der Waals surface area contributed by atoms with Gasteiger partial charge in [0.2, 0.25) is 0 Å². The van der Waals surface area contributed by atoms with E-state index in [0.29, 0.717) is 5.41 Å². The molecule has 0 unspecified atom stereocenters. The van der Waals surface area contributed by atoms with Gasteiger partial charge in [-0.25, -0.2) is 0 Å². The van der Waals surface area contributed by atoms with E-state index in [9.17, 15) is 0 Å². The molecule has 3 aromatic rings. The quantitative estimate of drug-likeness (QED) is 0.575. The van der Waals surface area contributed by atoms with Gasteiger partial charge in [0.15, 0.2) is 0 Å².